The maximum absolute atomic E-state index is 5.06. The third-order valence-corrected chi connectivity index (χ3v) is 3.59. The summed E-state index contributed by atoms with van der Waals surface area (Å²) in [5, 5.41) is 3.61. The van der Waals surface area contributed by atoms with E-state index in [1.807, 2.05) is 12.3 Å². The lowest BCUT2D eigenvalue weighted by Crippen LogP contribution is -2.46. The Morgan fingerprint density at radius 2 is 2.44 bits per heavy atom. The summed E-state index contributed by atoms with van der Waals surface area (Å²) in [5.74, 6) is 0. The van der Waals surface area contributed by atoms with Gasteiger partial charge in [0.25, 0.3) is 0 Å². The van der Waals surface area contributed by atoms with Gasteiger partial charge >= 0.3 is 0 Å². The Bertz CT molecular complexity index is 297. The maximum Gasteiger partial charge on any atom is 0.0947 e. The van der Waals surface area contributed by atoms with Crippen molar-refractivity contribution in [3.05, 3.63) is 24.2 Å². The molecule has 0 saturated carbocycles. The summed E-state index contributed by atoms with van der Waals surface area (Å²) >= 11 is 0. The van der Waals surface area contributed by atoms with Crippen LogP contribution in [0.15, 0.2) is 23.0 Å². The number of likely N-dealkylation sites (tertiary alicyclic amines) is 1. The topological polar surface area (TPSA) is 28.4 Å². The first-order valence-electron chi connectivity index (χ1n) is 6.28. The molecule has 1 N–H and O–H groups in total. The van der Waals surface area contributed by atoms with E-state index >= 15 is 0 Å². The Morgan fingerprint density at radius 1 is 1.56 bits per heavy atom. The number of hydrogen-bond acceptors (Lipinski definition) is 3. The van der Waals surface area contributed by atoms with Crippen molar-refractivity contribution >= 4 is 0 Å². The predicted molar refractivity (Wildman–Crippen MR) is 65.3 cm³/mol. The van der Waals surface area contributed by atoms with Gasteiger partial charge in [-0.2, -0.15) is 0 Å². The van der Waals surface area contributed by atoms with Crippen molar-refractivity contribution in [2.24, 2.45) is 0 Å². The van der Waals surface area contributed by atoms with Crippen molar-refractivity contribution in [2.75, 3.05) is 13.1 Å². The van der Waals surface area contributed by atoms with E-state index < -0.39 is 0 Å². The van der Waals surface area contributed by atoms with Crippen molar-refractivity contribution in [1.29, 1.82) is 0 Å². The molecule has 1 saturated heterocycles. The molecule has 16 heavy (non-hydrogen) atoms. The Kier molecular flexibility index (Phi) is 4.02. The molecule has 2 heterocycles. The molecule has 2 unspecified atom stereocenters. The summed E-state index contributed by atoms with van der Waals surface area (Å²) in [4.78, 5) is 2.55. The van der Waals surface area contributed by atoms with Crippen LogP contribution in [0.3, 0.4) is 0 Å². The molecule has 0 bridgehead atoms. The summed E-state index contributed by atoms with van der Waals surface area (Å²) in [6.07, 6.45) is 6.07. The van der Waals surface area contributed by atoms with E-state index in [0.29, 0.717) is 12.1 Å². The van der Waals surface area contributed by atoms with E-state index in [0.717, 1.165) is 6.54 Å². The molecule has 1 fully saturated rings. The van der Waals surface area contributed by atoms with Gasteiger partial charge in [-0.3, -0.25) is 0 Å². The highest BCUT2D eigenvalue weighted by Gasteiger charge is 2.23. The van der Waals surface area contributed by atoms with Gasteiger partial charge in [-0.05, 0) is 38.9 Å². The van der Waals surface area contributed by atoms with Gasteiger partial charge in [-0.25, -0.2) is 0 Å². The van der Waals surface area contributed by atoms with Crippen LogP contribution < -0.4 is 5.32 Å². The standard InChI is InChI=1S/C13H22N2O/c1-3-15-6-4-13(8-11(15)2)14-9-12-5-7-16-10-12/h5,7,10-11,13-14H,3-4,6,8-9H2,1-2H3. The van der Waals surface area contributed by atoms with E-state index in [-0.39, 0.29) is 0 Å². The molecule has 1 aromatic heterocycles. The monoisotopic (exact) mass is 222 g/mol. The molecular formula is C13H22N2O. The zero-order chi connectivity index (χ0) is 11.4. The number of rotatable bonds is 4. The fraction of sp³-hybridized carbons (Fsp3) is 0.692. The number of piperidine rings is 1. The Labute approximate surface area is 97.8 Å². The van der Waals surface area contributed by atoms with Crippen LogP contribution in [-0.4, -0.2) is 30.1 Å². The molecule has 3 heteroatoms. The third-order valence-electron chi connectivity index (χ3n) is 3.59. The second kappa shape index (κ2) is 5.51. The number of hydrogen-bond donors (Lipinski definition) is 1. The van der Waals surface area contributed by atoms with Gasteiger partial charge in [0.05, 0.1) is 12.5 Å². The SMILES string of the molecule is CCN1CCC(NCc2ccoc2)CC1C. The lowest BCUT2D eigenvalue weighted by atomic mass is 9.98. The van der Waals surface area contributed by atoms with Crippen molar-refractivity contribution < 1.29 is 4.42 Å². The third kappa shape index (κ3) is 2.86. The molecule has 2 rings (SSSR count). The maximum atomic E-state index is 5.06. The summed E-state index contributed by atoms with van der Waals surface area (Å²) < 4.78 is 5.06. The lowest BCUT2D eigenvalue weighted by Gasteiger charge is -2.37. The van der Waals surface area contributed by atoms with Crippen LogP contribution in [0, 0.1) is 0 Å². The first-order chi connectivity index (χ1) is 7.79. The minimum Gasteiger partial charge on any atom is -0.472 e. The van der Waals surface area contributed by atoms with Gasteiger partial charge in [-0.1, -0.05) is 6.92 Å². The van der Waals surface area contributed by atoms with Crippen molar-refractivity contribution in [2.45, 2.75) is 45.3 Å². The van der Waals surface area contributed by atoms with E-state index in [1.165, 1.54) is 31.5 Å². The average Bonchev–Trinajstić information content (AvgIpc) is 2.79. The second-order valence-corrected chi connectivity index (χ2v) is 4.71. The Morgan fingerprint density at radius 3 is 3.06 bits per heavy atom. The molecule has 0 aromatic carbocycles. The predicted octanol–water partition coefficient (Wildman–Crippen LogP) is 2.24. The average molecular weight is 222 g/mol. The molecule has 0 aliphatic carbocycles. The van der Waals surface area contributed by atoms with Crippen LogP contribution in [0.4, 0.5) is 0 Å². The van der Waals surface area contributed by atoms with E-state index in [4.69, 9.17) is 4.42 Å². The van der Waals surface area contributed by atoms with E-state index in [9.17, 15) is 0 Å². The highest BCUT2D eigenvalue weighted by Crippen LogP contribution is 2.17. The molecule has 1 aliphatic rings. The van der Waals surface area contributed by atoms with E-state index in [1.54, 1.807) is 6.26 Å². The highest BCUT2D eigenvalue weighted by molar-refractivity contribution is 5.04. The lowest BCUT2D eigenvalue weighted by molar-refractivity contribution is 0.142. The molecule has 0 amide bonds. The largest absolute Gasteiger partial charge is 0.472 e. The molecule has 1 aliphatic heterocycles. The van der Waals surface area contributed by atoms with Crippen molar-refractivity contribution in [3.63, 3.8) is 0 Å². The smallest absolute Gasteiger partial charge is 0.0947 e. The first-order valence-corrected chi connectivity index (χ1v) is 6.28. The Balaban J connectivity index is 1.75. The van der Waals surface area contributed by atoms with Crippen molar-refractivity contribution in [3.8, 4) is 0 Å². The van der Waals surface area contributed by atoms with E-state index in [2.05, 4.69) is 24.1 Å². The molecule has 0 spiro atoms. The van der Waals surface area contributed by atoms with Crippen molar-refractivity contribution in [1.82, 2.24) is 10.2 Å². The normalized spacial score (nSPS) is 27.1. The fourth-order valence-electron chi connectivity index (χ4n) is 2.53. The molecule has 1 aromatic rings. The van der Waals surface area contributed by atoms with Crippen LogP contribution in [0.1, 0.15) is 32.3 Å². The fourth-order valence-corrected chi connectivity index (χ4v) is 2.53. The molecule has 2 atom stereocenters. The summed E-state index contributed by atoms with van der Waals surface area (Å²) in [6, 6.07) is 3.39. The zero-order valence-electron chi connectivity index (χ0n) is 10.3. The molecule has 3 nitrogen and oxygen atoms in total. The minimum atomic E-state index is 0.660. The van der Waals surface area contributed by atoms with Gasteiger partial charge in [0.1, 0.15) is 0 Å². The van der Waals surface area contributed by atoms with Crippen LogP contribution in [0.25, 0.3) is 0 Å². The number of nitrogens with one attached hydrogen (secondary N) is 1. The highest BCUT2D eigenvalue weighted by atomic mass is 16.3. The Hall–Kier alpha value is -0.800. The quantitative estimate of drug-likeness (QED) is 0.847. The molecule has 90 valence electrons. The van der Waals surface area contributed by atoms with Gasteiger partial charge in [0, 0.05) is 24.2 Å². The molecule has 0 radical (unpaired) electrons. The van der Waals surface area contributed by atoms with Gasteiger partial charge in [0.15, 0.2) is 0 Å². The molecular weight excluding hydrogens is 200 g/mol. The minimum absolute atomic E-state index is 0.660. The van der Waals surface area contributed by atoms with Crippen LogP contribution >= 0.6 is 0 Å². The zero-order valence-corrected chi connectivity index (χ0v) is 10.3. The summed E-state index contributed by atoms with van der Waals surface area (Å²) in [5.41, 5.74) is 1.24. The second-order valence-electron chi connectivity index (χ2n) is 4.71. The van der Waals surface area contributed by atoms with Gasteiger partial charge < -0.3 is 14.6 Å². The summed E-state index contributed by atoms with van der Waals surface area (Å²) in [6.45, 7) is 7.90. The van der Waals surface area contributed by atoms with Gasteiger partial charge in [0.2, 0.25) is 0 Å². The van der Waals surface area contributed by atoms with Gasteiger partial charge in [-0.15, -0.1) is 0 Å². The van der Waals surface area contributed by atoms with Crippen LogP contribution in [0.2, 0.25) is 0 Å². The summed E-state index contributed by atoms with van der Waals surface area (Å²) in [7, 11) is 0. The number of furan rings is 1. The number of nitrogens with zero attached hydrogens (tertiary/aromatic N) is 1. The van der Waals surface area contributed by atoms with Crippen LogP contribution in [-0.2, 0) is 6.54 Å². The first kappa shape index (κ1) is 11.7. The van der Waals surface area contributed by atoms with Crippen LogP contribution in [0.5, 0.6) is 0 Å².